The topological polar surface area (TPSA) is 56.1 Å². The predicted molar refractivity (Wildman–Crippen MR) is 85.9 cm³/mol. The first-order chi connectivity index (χ1) is 10.5. The van der Waals surface area contributed by atoms with Crippen LogP contribution in [-0.2, 0) is 11.3 Å². The van der Waals surface area contributed by atoms with E-state index in [2.05, 4.69) is 10.4 Å². The summed E-state index contributed by atoms with van der Waals surface area (Å²) in [7, 11) is 1.64. The number of ether oxygens (including phenoxy) is 1. The van der Waals surface area contributed by atoms with Crippen molar-refractivity contribution in [2.24, 2.45) is 0 Å². The molecular weight excluding hydrogens is 278 g/mol. The van der Waals surface area contributed by atoms with Crippen LogP contribution in [0.25, 0.3) is 0 Å². The van der Waals surface area contributed by atoms with E-state index in [1.807, 2.05) is 55.8 Å². The quantitative estimate of drug-likeness (QED) is 0.892. The molecule has 0 radical (unpaired) electrons. The van der Waals surface area contributed by atoms with Gasteiger partial charge in [0, 0.05) is 18.7 Å². The molecule has 1 aromatic carbocycles. The Balaban J connectivity index is 1.85. The highest BCUT2D eigenvalue weighted by molar-refractivity contribution is 5.76. The van der Waals surface area contributed by atoms with Crippen LogP contribution >= 0.6 is 0 Å². The highest BCUT2D eigenvalue weighted by atomic mass is 16.5. The molecule has 1 amide bonds. The van der Waals surface area contributed by atoms with Crippen molar-refractivity contribution in [3.8, 4) is 5.75 Å². The van der Waals surface area contributed by atoms with Crippen molar-refractivity contribution < 1.29 is 9.53 Å². The van der Waals surface area contributed by atoms with Crippen molar-refractivity contribution in [3.63, 3.8) is 0 Å². The van der Waals surface area contributed by atoms with Crippen LogP contribution in [-0.4, -0.2) is 22.8 Å². The number of carbonyl (C=O) groups excluding carboxylic acids is 1. The Morgan fingerprint density at radius 3 is 2.55 bits per heavy atom. The molecule has 2 rings (SSSR count). The second-order valence-electron chi connectivity index (χ2n) is 5.55. The maximum atomic E-state index is 12.1. The molecule has 0 aliphatic heterocycles. The first kappa shape index (κ1) is 16.1. The van der Waals surface area contributed by atoms with Crippen LogP contribution in [0, 0.1) is 13.8 Å². The van der Waals surface area contributed by atoms with E-state index in [0.717, 1.165) is 22.7 Å². The van der Waals surface area contributed by atoms with E-state index in [4.69, 9.17) is 4.74 Å². The number of aryl methyl sites for hydroxylation is 2. The summed E-state index contributed by atoms with van der Waals surface area (Å²) in [6.07, 6.45) is 0.415. The summed E-state index contributed by atoms with van der Waals surface area (Å²) >= 11 is 0. The monoisotopic (exact) mass is 301 g/mol. The molecule has 5 heteroatoms. The minimum Gasteiger partial charge on any atom is -0.497 e. The lowest BCUT2D eigenvalue weighted by Crippen LogP contribution is -2.26. The molecule has 0 saturated carbocycles. The molecule has 1 atom stereocenters. The Kier molecular flexibility index (Phi) is 5.20. The second kappa shape index (κ2) is 7.11. The van der Waals surface area contributed by atoms with Gasteiger partial charge < -0.3 is 10.1 Å². The standard InChI is InChI=1S/C17H23N3O2/c1-12-9-13(2)20(19-12)14(3)10-17(21)18-11-15-5-7-16(22-4)8-6-15/h5-9,14H,10-11H2,1-4H3,(H,18,21)/t14-/m0/s1. The van der Waals surface area contributed by atoms with E-state index in [0.29, 0.717) is 13.0 Å². The molecule has 0 saturated heterocycles. The maximum Gasteiger partial charge on any atom is 0.222 e. The summed E-state index contributed by atoms with van der Waals surface area (Å²) in [4.78, 5) is 12.1. The summed E-state index contributed by atoms with van der Waals surface area (Å²) in [5.74, 6) is 0.837. The Morgan fingerprint density at radius 2 is 2.00 bits per heavy atom. The predicted octanol–water partition coefficient (Wildman–Crippen LogP) is 2.78. The van der Waals surface area contributed by atoms with Gasteiger partial charge in [0.1, 0.15) is 5.75 Å². The van der Waals surface area contributed by atoms with E-state index < -0.39 is 0 Å². The van der Waals surface area contributed by atoms with Gasteiger partial charge in [-0.1, -0.05) is 12.1 Å². The van der Waals surface area contributed by atoms with Crippen molar-refractivity contribution in [2.45, 2.75) is 39.8 Å². The molecule has 1 N–H and O–H groups in total. The van der Waals surface area contributed by atoms with E-state index >= 15 is 0 Å². The minimum atomic E-state index is 0.0240. The first-order valence-corrected chi connectivity index (χ1v) is 7.42. The first-order valence-electron chi connectivity index (χ1n) is 7.42. The largest absolute Gasteiger partial charge is 0.497 e. The van der Waals surface area contributed by atoms with Gasteiger partial charge in [-0.15, -0.1) is 0 Å². The number of hydrogen-bond acceptors (Lipinski definition) is 3. The van der Waals surface area contributed by atoms with Crippen molar-refractivity contribution in [3.05, 3.63) is 47.3 Å². The number of carbonyl (C=O) groups is 1. The Labute approximate surface area is 131 Å². The third-order valence-electron chi connectivity index (χ3n) is 3.59. The SMILES string of the molecule is COc1ccc(CNC(=O)C[C@H](C)n2nc(C)cc2C)cc1. The van der Waals surface area contributed by atoms with E-state index in [-0.39, 0.29) is 11.9 Å². The lowest BCUT2D eigenvalue weighted by molar-refractivity contribution is -0.122. The average molecular weight is 301 g/mol. The molecule has 22 heavy (non-hydrogen) atoms. The van der Waals surface area contributed by atoms with Crippen LogP contribution in [0.5, 0.6) is 5.75 Å². The molecule has 1 heterocycles. The van der Waals surface area contributed by atoms with Crippen molar-refractivity contribution >= 4 is 5.91 Å². The Hall–Kier alpha value is -2.30. The van der Waals surface area contributed by atoms with Crippen LogP contribution in [0.3, 0.4) is 0 Å². The van der Waals surface area contributed by atoms with Crippen LogP contribution in [0.1, 0.15) is 36.3 Å². The summed E-state index contributed by atoms with van der Waals surface area (Å²) < 4.78 is 7.02. The van der Waals surface area contributed by atoms with Crippen LogP contribution < -0.4 is 10.1 Å². The number of methoxy groups -OCH3 is 1. The Morgan fingerprint density at radius 1 is 1.32 bits per heavy atom. The lowest BCUT2D eigenvalue weighted by atomic mass is 10.2. The summed E-state index contributed by atoms with van der Waals surface area (Å²) in [6.45, 7) is 6.49. The molecule has 0 unspecified atom stereocenters. The van der Waals surface area contributed by atoms with Crippen molar-refractivity contribution in [1.82, 2.24) is 15.1 Å². The van der Waals surface area contributed by atoms with Gasteiger partial charge in [-0.3, -0.25) is 9.48 Å². The van der Waals surface area contributed by atoms with Gasteiger partial charge in [-0.05, 0) is 44.5 Å². The van der Waals surface area contributed by atoms with Gasteiger partial charge in [0.05, 0.1) is 18.8 Å². The number of amides is 1. The van der Waals surface area contributed by atoms with Crippen molar-refractivity contribution in [1.29, 1.82) is 0 Å². The summed E-state index contributed by atoms with van der Waals surface area (Å²) in [5, 5.41) is 7.37. The number of benzene rings is 1. The molecule has 1 aromatic heterocycles. The molecule has 0 spiro atoms. The smallest absolute Gasteiger partial charge is 0.222 e. The molecule has 0 aliphatic rings. The van der Waals surface area contributed by atoms with Gasteiger partial charge in [-0.25, -0.2) is 0 Å². The molecule has 0 fully saturated rings. The molecule has 0 aliphatic carbocycles. The molecular formula is C17H23N3O2. The third-order valence-corrected chi connectivity index (χ3v) is 3.59. The second-order valence-corrected chi connectivity index (χ2v) is 5.55. The fraction of sp³-hybridized carbons (Fsp3) is 0.412. The molecule has 2 aromatic rings. The number of nitrogens with zero attached hydrogens (tertiary/aromatic N) is 2. The Bertz CT molecular complexity index is 632. The maximum absolute atomic E-state index is 12.1. The fourth-order valence-corrected chi connectivity index (χ4v) is 2.46. The van der Waals surface area contributed by atoms with Crippen LogP contribution in [0.4, 0.5) is 0 Å². The molecule has 118 valence electrons. The summed E-state index contributed by atoms with van der Waals surface area (Å²) in [6, 6.07) is 9.74. The van der Waals surface area contributed by atoms with Gasteiger partial charge in [0.2, 0.25) is 5.91 Å². The van der Waals surface area contributed by atoms with Gasteiger partial charge >= 0.3 is 0 Å². The zero-order valence-electron chi connectivity index (χ0n) is 13.6. The number of aromatic nitrogens is 2. The fourth-order valence-electron chi connectivity index (χ4n) is 2.46. The zero-order chi connectivity index (χ0) is 16.1. The van der Waals surface area contributed by atoms with Gasteiger partial charge in [0.15, 0.2) is 0 Å². The summed E-state index contributed by atoms with van der Waals surface area (Å²) in [5.41, 5.74) is 3.10. The highest BCUT2D eigenvalue weighted by Gasteiger charge is 2.13. The minimum absolute atomic E-state index is 0.0240. The van der Waals surface area contributed by atoms with Crippen LogP contribution in [0.2, 0.25) is 0 Å². The van der Waals surface area contributed by atoms with Gasteiger partial charge in [0.25, 0.3) is 0 Å². The van der Waals surface area contributed by atoms with Crippen LogP contribution in [0.15, 0.2) is 30.3 Å². The van der Waals surface area contributed by atoms with Gasteiger partial charge in [-0.2, -0.15) is 5.10 Å². The number of nitrogens with one attached hydrogen (secondary N) is 1. The molecule has 0 bridgehead atoms. The highest BCUT2D eigenvalue weighted by Crippen LogP contribution is 2.14. The third kappa shape index (κ3) is 4.10. The average Bonchev–Trinajstić information content (AvgIpc) is 2.84. The lowest BCUT2D eigenvalue weighted by Gasteiger charge is -2.14. The normalized spacial score (nSPS) is 12.0. The van der Waals surface area contributed by atoms with E-state index in [1.54, 1.807) is 7.11 Å². The number of rotatable bonds is 6. The van der Waals surface area contributed by atoms with Crippen molar-refractivity contribution in [2.75, 3.05) is 7.11 Å². The van der Waals surface area contributed by atoms with E-state index in [1.165, 1.54) is 0 Å². The van der Waals surface area contributed by atoms with E-state index in [9.17, 15) is 4.79 Å². The molecule has 5 nitrogen and oxygen atoms in total. The zero-order valence-corrected chi connectivity index (χ0v) is 13.6. The number of hydrogen-bond donors (Lipinski definition) is 1.